The average molecular weight is 189 g/mol. The Morgan fingerprint density at radius 3 is 3.00 bits per heavy atom. The molecule has 0 aliphatic heterocycles. The molecule has 0 aromatic carbocycles. The highest BCUT2D eigenvalue weighted by atomic mass is 15.3. The first-order valence-corrected chi connectivity index (χ1v) is 4.32. The largest absolute Gasteiger partial charge is 0.326 e. The first-order chi connectivity index (χ1) is 6.81. The van der Waals surface area contributed by atoms with Crippen molar-refractivity contribution in [1.82, 2.24) is 20.0 Å². The smallest absolute Gasteiger partial charge is 0.117 e. The van der Waals surface area contributed by atoms with Crippen molar-refractivity contribution in [1.29, 1.82) is 0 Å². The molecule has 2 aromatic rings. The molecule has 2 rings (SSSR count). The van der Waals surface area contributed by atoms with Gasteiger partial charge in [0.1, 0.15) is 11.4 Å². The van der Waals surface area contributed by atoms with E-state index in [0.29, 0.717) is 6.54 Å². The predicted molar refractivity (Wildman–Crippen MR) is 52.1 cm³/mol. The Labute approximate surface area is 81.6 Å². The number of aryl methyl sites for hydroxylation is 1. The molecule has 0 aliphatic rings. The van der Waals surface area contributed by atoms with Gasteiger partial charge in [-0.05, 0) is 12.1 Å². The standard InChI is InChI=1S/C9H11N5/c1-14-6-7(5-10)9(13-14)8-3-2-4-11-12-8/h2-4,6H,5,10H2,1H3. The molecule has 2 heterocycles. The van der Waals surface area contributed by atoms with Crippen LogP contribution < -0.4 is 5.73 Å². The van der Waals surface area contributed by atoms with E-state index >= 15 is 0 Å². The van der Waals surface area contributed by atoms with Crippen LogP contribution in [0.4, 0.5) is 0 Å². The molecule has 0 amide bonds. The van der Waals surface area contributed by atoms with Gasteiger partial charge < -0.3 is 5.73 Å². The lowest BCUT2D eigenvalue weighted by molar-refractivity contribution is 0.768. The van der Waals surface area contributed by atoms with Crippen LogP contribution in [0, 0.1) is 0 Å². The van der Waals surface area contributed by atoms with Crippen LogP contribution in [-0.2, 0) is 13.6 Å². The highest BCUT2D eigenvalue weighted by molar-refractivity contribution is 5.57. The summed E-state index contributed by atoms with van der Waals surface area (Å²) in [5, 5.41) is 12.1. The zero-order chi connectivity index (χ0) is 9.97. The highest BCUT2D eigenvalue weighted by Gasteiger charge is 2.09. The zero-order valence-electron chi connectivity index (χ0n) is 7.88. The van der Waals surface area contributed by atoms with Crippen LogP contribution in [0.2, 0.25) is 0 Å². The van der Waals surface area contributed by atoms with E-state index in [1.165, 1.54) is 0 Å². The SMILES string of the molecule is Cn1cc(CN)c(-c2cccnn2)n1. The van der Waals surface area contributed by atoms with Gasteiger partial charge >= 0.3 is 0 Å². The van der Waals surface area contributed by atoms with E-state index in [1.54, 1.807) is 10.9 Å². The zero-order valence-corrected chi connectivity index (χ0v) is 7.88. The van der Waals surface area contributed by atoms with E-state index in [-0.39, 0.29) is 0 Å². The first kappa shape index (κ1) is 8.83. The summed E-state index contributed by atoms with van der Waals surface area (Å²) < 4.78 is 1.73. The number of hydrogen-bond donors (Lipinski definition) is 1. The van der Waals surface area contributed by atoms with Crippen molar-refractivity contribution >= 4 is 0 Å². The lowest BCUT2D eigenvalue weighted by Crippen LogP contribution is -1.97. The molecule has 0 bridgehead atoms. The van der Waals surface area contributed by atoms with E-state index in [4.69, 9.17) is 5.73 Å². The van der Waals surface area contributed by atoms with Crippen molar-refractivity contribution in [3.8, 4) is 11.4 Å². The van der Waals surface area contributed by atoms with Gasteiger partial charge in [-0.1, -0.05) is 0 Å². The molecule has 14 heavy (non-hydrogen) atoms. The van der Waals surface area contributed by atoms with Crippen molar-refractivity contribution in [3.05, 3.63) is 30.1 Å². The highest BCUT2D eigenvalue weighted by Crippen LogP contribution is 2.17. The second-order valence-electron chi connectivity index (χ2n) is 2.99. The van der Waals surface area contributed by atoms with Crippen molar-refractivity contribution in [2.45, 2.75) is 6.54 Å². The van der Waals surface area contributed by atoms with Crippen molar-refractivity contribution < 1.29 is 0 Å². The fraction of sp³-hybridized carbons (Fsp3) is 0.222. The van der Waals surface area contributed by atoms with Crippen LogP contribution >= 0.6 is 0 Å². The molecule has 2 aromatic heterocycles. The van der Waals surface area contributed by atoms with Gasteiger partial charge in [-0.2, -0.15) is 10.2 Å². The summed E-state index contributed by atoms with van der Waals surface area (Å²) in [6.45, 7) is 0.458. The number of rotatable bonds is 2. The van der Waals surface area contributed by atoms with E-state index in [2.05, 4.69) is 15.3 Å². The van der Waals surface area contributed by atoms with E-state index < -0.39 is 0 Å². The van der Waals surface area contributed by atoms with Crippen LogP contribution in [-0.4, -0.2) is 20.0 Å². The second kappa shape index (κ2) is 3.55. The Morgan fingerprint density at radius 2 is 2.36 bits per heavy atom. The van der Waals surface area contributed by atoms with Crippen molar-refractivity contribution in [3.63, 3.8) is 0 Å². The van der Waals surface area contributed by atoms with Gasteiger partial charge in [-0.3, -0.25) is 4.68 Å². The third kappa shape index (κ3) is 1.49. The molecule has 0 fully saturated rings. The molecule has 5 nitrogen and oxygen atoms in total. The van der Waals surface area contributed by atoms with E-state index in [1.807, 2.05) is 25.4 Å². The molecule has 0 unspecified atom stereocenters. The number of aromatic nitrogens is 4. The maximum Gasteiger partial charge on any atom is 0.117 e. The Morgan fingerprint density at radius 1 is 1.50 bits per heavy atom. The number of nitrogens with two attached hydrogens (primary N) is 1. The third-order valence-corrected chi connectivity index (χ3v) is 1.94. The van der Waals surface area contributed by atoms with E-state index in [0.717, 1.165) is 17.0 Å². The Balaban J connectivity index is 2.51. The molecule has 72 valence electrons. The normalized spacial score (nSPS) is 10.4. The summed E-state index contributed by atoms with van der Waals surface area (Å²) in [4.78, 5) is 0. The summed E-state index contributed by atoms with van der Waals surface area (Å²) in [7, 11) is 1.86. The Hall–Kier alpha value is -1.75. The quantitative estimate of drug-likeness (QED) is 0.739. The topological polar surface area (TPSA) is 69.6 Å². The maximum absolute atomic E-state index is 5.60. The minimum absolute atomic E-state index is 0.458. The third-order valence-electron chi connectivity index (χ3n) is 1.94. The summed E-state index contributed by atoms with van der Waals surface area (Å²) in [6.07, 6.45) is 3.53. The van der Waals surface area contributed by atoms with Gasteiger partial charge in [-0.15, -0.1) is 5.10 Å². The first-order valence-electron chi connectivity index (χ1n) is 4.32. The Bertz CT molecular complexity index is 420. The van der Waals surface area contributed by atoms with Crippen LogP contribution in [0.3, 0.4) is 0 Å². The van der Waals surface area contributed by atoms with E-state index in [9.17, 15) is 0 Å². The molecular weight excluding hydrogens is 178 g/mol. The van der Waals surface area contributed by atoms with Crippen molar-refractivity contribution in [2.75, 3.05) is 0 Å². The van der Waals surface area contributed by atoms with Gasteiger partial charge in [0.05, 0.1) is 0 Å². The fourth-order valence-electron chi connectivity index (χ4n) is 1.33. The van der Waals surface area contributed by atoms with Gasteiger partial charge in [0.15, 0.2) is 0 Å². The van der Waals surface area contributed by atoms with Crippen molar-refractivity contribution in [2.24, 2.45) is 12.8 Å². The minimum atomic E-state index is 0.458. The van der Waals surface area contributed by atoms with Gasteiger partial charge in [0.2, 0.25) is 0 Å². The maximum atomic E-state index is 5.60. The molecule has 2 N–H and O–H groups in total. The van der Waals surface area contributed by atoms with Gasteiger partial charge in [0, 0.05) is 31.5 Å². The molecule has 0 saturated heterocycles. The monoisotopic (exact) mass is 189 g/mol. The van der Waals surface area contributed by atoms with Crippen LogP contribution in [0.1, 0.15) is 5.56 Å². The predicted octanol–water partition coefficient (Wildman–Crippen LogP) is 0.336. The van der Waals surface area contributed by atoms with Gasteiger partial charge in [0.25, 0.3) is 0 Å². The molecule has 0 atom stereocenters. The molecule has 0 spiro atoms. The summed E-state index contributed by atoms with van der Waals surface area (Å²) in [5.41, 5.74) is 8.15. The minimum Gasteiger partial charge on any atom is -0.326 e. The number of nitrogens with zero attached hydrogens (tertiary/aromatic N) is 4. The molecular formula is C9H11N5. The molecule has 0 saturated carbocycles. The molecule has 0 radical (unpaired) electrons. The summed E-state index contributed by atoms with van der Waals surface area (Å²) in [5.74, 6) is 0. The molecule has 0 aliphatic carbocycles. The lowest BCUT2D eigenvalue weighted by Gasteiger charge is -1.96. The van der Waals surface area contributed by atoms with Crippen LogP contribution in [0.5, 0.6) is 0 Å². The summed E-state index contributed by atoms with van der Waals surface area (Å²) in [6, 6.07) is 3.70. The van der Waals surface area contributed by atoms with Crippen LogP contribution in [0.15, 0.2) is 24.5 Å². The average Bonchev–Trinajstić information content (AvgIpc) is 2.61. The Kier molecular flexibility index (Phi) is 2.24. The second-order valence-corrected chi connectivity index (χ2v) is 2.99. The van der Waals surface area contributed by atoms with Gasteiger partial charge in [-0.25, -0.2) is 0 Å². The number of hydrogen-bond acceptors (Lipinski definition) is 4. The lowest BCUT2D eigenvalue weighted by atomic mass is 10.2. The summed E-state index contributed by atoms with van der Waals surface area (Å²) >= 11 is 0. The molecule has 5 heteroatoms. The fourth-order valence-corrected chi connectivity index (χ4v) is 1.33. The van der Waals surface area contributed by atoms with Crippen LogP contribution in [0.25, 0.3) is 11.4 Å².